The number of halogens is 2. The fraction of sp³-hybridized carbons (Fsp3) is 0.741. The van der Waals surface area contributed by atoms with Crippen molar-refractivity contribution in [2.24, 2.45) is 17.8 Å². The summed E-state index contributed by atoms with van der Waals surface area (Å²) in [5, 5.41) is 0. The second-order valence-corrected chi connectivity index (χ2v) is 11.8. The fourth-order valence-corrected chi connectivity index (χ4v) is 6.96. The average molecular weight is 497 g/mol. The van der Waals surface area contributed by atoms with E-state index in [1.807, 2.05) is 6.07 Å². The first-order valence-electron chi connectivity index (χ1n) is 12.7. The molecule has 1 unspecified atom stereocenters. The molecule has 4 rings (SSSR count). The standard InChI is InChI=1S/C27H39Cl2NO3/c1-27(2,3)33-25-12-11-23-22-7-5-18-17-19(6-8-20(18)21(22)9-10-24(23)25)32-26(31)30(16-14-29)15-4-13-28/h6,8,17,21-25H,4-5,7,9-16H2,1-3H3/t21-,22-,23+,24?,25+/m1/s1. The number of nitrogens with zero attached hydrogens (tertiary/aromatic N) is 1. The van der Waals surface area contributed by atoms with Gasteiger partial charge in [-0.2, -0.15) is 0 Å². The van der Waals surface area contributed by atoms with Gasteiger partial charge in [0.05, 0.1) is 11.7 Å². The fourth-order valence-electron chi connectivity index (χ4n) is 6.64. The summed E-state index contributed by atoms with van der Waals surface area (Å²) < 4.78 is 12.2. The maximum Gasteiger partial charge on any atom is 0.415 e. The van der Waals surface area contributed by atoms with Crippen LogP contribution in [0.5, 0.6) is 5.75 Å². The van der Waals surface area contributed by atoms with Gasteiger partial charge in [0.2, 0.25) is 0 Å². The maximum absolute atomic E-state index is 12.6. The van der Waals surface area contributed by atoms with Crippen LogP contribution in [0.3, 0.4) is 0 Å². The number of hydrogen-bond acceptors (Lipinski definition) is 3. The molecular weight excluding hydrogens is 457 g/mol. The SMILES string of the molecule is CC(C)(C)O[C@H]1CC[C@@H]2C1CC[C@@H]1c3ccc(OC(=O)N(CCCl)CCCCl)cc3CC[C@H]12. The van der Waals surface area contributed by atoms with E-state index in [0.717, 1.165) is 24.7 Å². The molecule has 2 fully saturated rings. The van der Waals surface area contributed by atoms with Crippen LogP contribution < -0.4 is 4.74 Å². The number of rotatable bonds is 7. The van der Waals surface area contributed by atoms with E-state index in [9.17, 15) is 4.79 Å². The minimum Gasteiger partial charge on any atom is -0.410 e. The number of ether oxygens (including phenoxy) is 2. The van der Waals surface area contributed by atoms with Gasteiger partial charge in [-0.1, -0.05) is 6.07 Å². The molecule has 0 saturated heterocycles. The van der Waals surface area contributed by atoms with Crippen molar-refractivity contribution >= 4 is 29.3 Å². The van der Waals surface area contributed by atoms with Crippen LogP contribution in [-0.2, 0) is 11.2 Å². The molecule has 0 radical (unpaired) electrons. The Hall–Kier alpha value is -0.970. The van der Waals surface area contributed by atoms with Crippen LogP contribution in [-0.4, -0.2) is 47.5 Å². The zero-order valence-corrected chi connectivity index (χ0v) is 21.8. The van der Waals surface area contributed by atoms with Gasteiger partial charge in [-0.05, 0) is 113 Å². The normalized spacial score (nSPS) is 28.6. The van der Waals surface area contributed by atoms with Gasteiger partial charge in [0, 0.05) is 24.8 Å². The number of amides is 1. The molecule has 0 N–H and O–H groups in total. The summed E-state index contributed by atoms with van der Waals surface area (Å²) in [6.07, 6.45) is 8.11. The minimum atomic E-state index is -0.342. The monoisotopic (exact) mass is 495 g/mol. The first-order chi connectivity index (χ1) is 15.8. The van der Waals surface area contributed by atoms with Crippen molar-refractivity contribution in [3.63, 3.8) is 0 Å². The Kier molecular flexibility index (Phi) is 8.18. The lowest BCUT2D eigenvalue weighted by Gasteiger charge is -2.45. The van der Waals surface area contributed by atoms with E-state index in [2.05, 4.69) is 32.9 Å². The van der Waals surface area contributed by atoms with Crippen LogP contribution in [0.1, 0.15) is 76.3 Å². The second-order valence-electron chi connectivity index (χ2n) is 11.0. The first kappa shape index (κ1) is 25.1. The Morgan fingerprint density at radius 3 is 2.52 bits per heavy atom. The molecule has 3 aliphatic carbocycles. The van der Waals surface area contributed by atoms with E-state index >= 15 is 0 Å². The number of alkyl halides is 2. The molecule has 4 nitrogen and oxygen atoms in total. The summed E-state index contributed by atoms with van der Waals surface area (Å²) in [7, 11) is 0. The summed E-state index contributed by atoms with van der Waals surface area (Å²) in [6, 6.07) is 6.29. The Labute approximate surface area is 209 Å². The third kappa shape index (κ3) is 5.82. The van der Waals surface area contributed by atoms with E-state index < -0.39 is 0 Å². The quantitative estimate of drug-likeness (QED) is 0.382. The molecule has 0 spiro atoms. The van der Waals surface area contributed by atoms with Crippen LogP contribution in [0.2, 0.25) is 0 Å². The third-order valence-corrected chi connectivity index (χ3v) is 8.27. The third-order valence-electron chi connectivity index (χ3n) is 7.84. The van der Waals surface area contributed by atoms with Crippen molar-refractivity contribution < 1.29 is 14.3 Å². The second kappa shape index (κ2) is 10.7. The first-order valence-corrected chi connectivity index (χ1v) is 13.8. The molecule has 1 aromatic carbocycles. The van der Waals surface area contributed by atoms with Gasteiger partial charge in [0.25, 0.3) is 0 Å². The van der Waals surface area contributed by atoms with Crippen LogP contribution in [0.4, 0.5) is 4.79 Å². The van der Waals surface area contributed by atoms with Crippen LogP contribution in [0, 0.1) is 17.8 Å². The van der Waals surface area contributed by atoms with Gasteiger partial charge in [-0.25, -0.2) is 4.79 Å². The van der Waals surface area contributed by atoms with E-state index in [1.54, 1.807) is 4.90 Å². The van der Waals surface area contributed by atoms with Gasteiger partial charge >= 0.3 is 6.09 Å². The molecular formula is C27H39Cl2NO3. The molecule has 1 aromatic rings. The average Bonchev–Trinajstić information content (AvgIpc) is 3.17. The van der Waals surface area contributed by atoms with Crippen molar-refractivity contribution in [1.29, 1.82) is 0 Å². The minimum absolute atomic E-state index is 0.0628. The molecule has 5 atom stereocenters. The molecule has 0 heterocycles. The van der Waals surface area contributed by atoms with Gasteiger partial charge in [-0.15, -0.1) is 23.2 Å². The summed E-state index contributed by atoms with van der Waals surface area (Å²) in [4.78, 5) is 14.3. The van der Waals surface area contributed by atoms with E-state index in [-0.39, 0.29) is 11.7 Å². The molecule has 2 saturated carbocycles. The van der Waals surface area contributed by atoms with Gasteiger partial charge < -0.3 is 14.4 Å². The van der Waals surface area contributed by atoms with Gasteiger partial charge in [-0.3, -0.25) is 0 Å². The van der Waals surface area contributed by atoms with Crippen molar-refractivity contribution in [2.45, 2.75) is 83.3 Å². The molecule has 184 valence electrons. The van der Waals surface area contributed by atoms with E-state index in [4.69, 9.17) is 32.7 Å². The van der Waals surface area contributed by atoms with Crippen molar-refractivity contribution in [1.82, 2.24) is 4.90 Å². The highest BCUT2D eigenvalue weighted by atomic mass is 35.5. The number of carbonyl (C=O) groups excluding carboxylic acids is 1. The van der Waals surface area contributed by atoms with E-state index in [0.29, 0.717) is 48.5 Å². The highest BCUT2D eigenvalue weighted by Gasteiger charge is 2.48. The Morgan fingerprint density at radius 2 is 1.79 bits per heavy atom. The van der Waals surface area contributed by atoms with Gasteiger partial charge in [0.1, 0.15) is 5.75 Å². The molecule has 0 aromatic heterocycles. The number of aryl methyl sites for hydroxylation is 1. The highest BCUT2D eigenvalue weighted by molar-refractivity contribution is 6.18. The van der Waals surface area contributed by atoms with Crippen molar-refractivity contribution in [2.75, 3.05) is 24.8 Å². The Balaban J connectivity index is 1.43. The predicted octanol–water partition coefficient (Wildman–Crippen LogP) is 7.00. The summed E-state index contributed by atoms with van der Waals surface area (Å²) in [5.41, 5.74) is 2.77. The lowest BCUT2D eigenvalue weighted by atomic mass is 9.60. The Morgan fingerprint density at radius 1 is 1.00 bits per heavy atom. The number of fused-ring (bicyclic) bond motifs is 5. The Bertz CT molecular complexity index is 824. The smallest absolute Gasteiger partial charge is 0.410 e. The number of benzene rings is 1. The topological polar surface area (TPSA) is 38.8 Å². The van der Waals surface area contributed by atoms with E-state index in [1.165, 1.54) is 43.2 Å². The lowest BCUT2D eigenvalue weighted by Crippen LogP contribution is -2.39. The predicted molar refractivity (Wildman–Crippen MR) is 135 cm³/mol. The molecule has 0 bridgehead atoms. The summed E-state index contributed by atoms with van der Waals surface area (Å²) >= 11 is 11.7. The molecule has 1 amide bonds. The zero-order valence-electron chi connectivity index (χ0n) is 20.3. The lowest BCUT2D eigenvalue weighted by molar-refractivity contribution is -0.0886. The largest absolute Gasteiger partial charge is 0.415 e. The van der Waals surface area contributed by atoms with Crippen LogP contribution in [0.25, 0.3) is 0 Å². The van der Waals surface area contributed by atoms with Crippen molar-refractivity contribution in [3.8, 4) is 5.75 Å². The van der Waals surface area contributed by atoms with Crippen LogP contribution in [0.15, 0.2) is 18.2 Å². The molecule has 6 heteroatoms. The number of hydrogen-bond donors (Lipinski definition) is 0. The molecule has 0 aliphatic heterocycles. The van der Waals surface area contributed by atoms with Gasteiger partial charge in [0.15, 0.2) is 0 Å². The van der Waals surface area contributed by atoms with Crippen molar-refractivity contribution in [3.05, 3.63) is 29.3 Å². The molecule has 3 aliphatic rings. The maximum atomic E-state index is 12.6. The summed E-state index contributed by atoms with van der Waals surface area (Å²) in [6.45, 7) is 7.57. The zero-order chi connectivity index (χ0) is 23.6. The summed E-state index contributed by atoms with van der Waals surface area (Å²) in [5.74, 6) is 4.42. The number of carbonyl (C=O) groups is 1. The molecule has 33 heavy (non-hydrogen) atoms. The van der Waals surface area contributed by atoms with Crippen LogP contribution >= 0.6 is 23.2 Å². The highest BCUT2D eigenvalue weighted by Crippen LogP contribution is 2.56.